The molecule has 3 aromatic rings. The number of aliphatic hydroxyl groups excluding tert-OH is 1. The fourth-order valence-electron chi connectivity index (χ4n) is 4.79. The normalized spacial score (nSPS) is 16.9. The summed E-state index contributed by atoms with van der Waals surface area (Å²) in [6.07, 6.45) is 0. The van der Waals surface area contributed by atoms with E-state index in [1.807, 2.05) is 95.3 Å². The number of nitrogens with zero attached hydrogens (tertiary/aromatic N) is 1. The van der Waals surface area contributed by atoms with Gasteiger partial charge in [0.2, 0.25) is 0 Å². The van der Waals surface area contributed by atoms with E-state index in [1.165, 1.54) is 4.90 Å². The second-order valence-corrected chi connectivity index (χ2v) is 9.57. The summed E-state index contributed by atoms with van der Waals surface area (Å²) in [5.74, 6) is -0.168. The molecule has 1 aliphatic rings. The number of hydrogen-bond donors (Lipinski definition) is 1. The predicted molar refractivity (Wildman–Crippen MR) is 145 cm³/mol. The third kappa shape index (κ3) is 4.84. The topological polar surface area (TPSA) is 76.1 Å². The summed E-state index contributed by atoms with van der Waals surface area (Å²) in [4.78, 5) is 28.5. The van der Waals surface area contributed by atoms with Gasteiger partial charge in [0, 0.05) is 11.3 Å². The van der Waals surface area contributed by atoms with Gasteiger partial charge in [0.1, 0.15) is 17.3 Å². The first-order chi connectivity index (χ1) is 17.7. The van der Waals surface area contributed by atoms with Crippen molar-refractivity contribution in [1.82, 2.24) is 0 Å². The number of amides is 1. The van der Waals surface area contributed by atoms with Crippen molar-refractivity contribution >= 4 is 23.1 Å². The van der Waals surface area contributed by atoms with E-state index in [1.54, 1.807) is 7.11 Å². The van der Waals surface area contributed by atoms with Crippen LogP contribution >= 0.6 is 0 Å². The highest BCUT2D eigenvalue weighted by atomic mass is 16.5. The molecule has 192 valence electrons. The number of carbonyl (C=O) groups excluding carboxylic acids is 2. The van der Waals surface area contributed by atoms with Gasteiger partial charge in [-0.25, -0.2) is 0 Å². The zero-order valence-electron chi connectivity index (χ0n) is 22.2. The molecule has 1 unspecified atom stereocenters. The molecule has 0 aromatic heterocycles. The van der Waals surface area contributed by atoms with Crippen LogP contribution in [0, 0.1) is 13.8 Å². The predicted octanol–water partition coefficient (Wildman–Crippen LogP) is 6.46. The van der Waals surface area contributed by atoms with E-state index < -0.39 is 17.7 Å². The van der Waals surface area contributed by atoms with Gasteiger partial charge in [-0.2, -0.15) is 0 Å². The second kappa shape index (κ2) is 10.5. The van der Waals surface area contributed by atoms with Crippen molar-refractivity contribution in [2.75, 3.05) is 18.6 Å². The zero-order chi connectivity index (χ0) is 26.9. The number of benzene rings is 3. The zero-order valence-corrected chi connectivity index (χ0v) is 22.2. The first-order valence-corrected chi connectivity index (χ1v) is 12.5. The summed E-state index contributed by atoms with van der Waals surface area (Å²) in [5, 5.41) is 11.7. The Morgan fingerprint density at radius 3 is 2.35 bits per heavy atom. The fraction of sp³-hybridized carbons (Fsp3) is 0.290. The van der Waals surface area contributed by atoms with E-state index in [0.717, 1.165) is 16.7 Å². The van der Waals surface area contributed by atoms with Gasteiger partial charge in [0.15, 0.2) is 0 Å². The van der Waals surface area contributed by atoms with Crippen LogP contribution in [0.25, 0.3) is 5.76 Å². The Morgan fingerprint density at radius 1 is 1.03 bits per heavy atom. The van der Waals surface area contributed by atoms with Crippen molar-refractivity contribution in [1.29, 1.82) is 0 Å². The number of aryl methyl sites for hydroxylation is 2. The molecular formula is C31H33NO5. The molecule has 1 heterocycles. The lowest BCUT2D eigenvalue weighted by Crippen LogP contribution is -2.29. The molecule has 37 heavy (non-hydrogen) atoms. The molecular weight excluding hydrogens is 466 g/mol. The molecule has 0 aliphatic carbocycles. The molecule has 3 aromatic carbocycles. The van der Waals surface area contributed by atoms with Gasteiger partial charge < -0.3 is 14.6 Å². The quantitative estimate of drug-likeness (QED) is 0.229. The number of Topliss-reactive ketones (excluding diaryl/α,β-unsaturated/α-hetero) is 1. The van der Waals surface area contributed by atoms with E-state index in [4.69, 9.17) is 9.47 Å². The molecule has 1 saturated heterocycles. The third-order valence-corrected chi connectivity index (χ3v) is 6.70. The Labute approximate surface area is 218 Å². The lowest BCUT2D eigenvalue weighted by Gasteiger charge is -2.26. The average Bonchev–Trinajstić information content (AvgIpc) is 3.14. The third-order valence-electron chi connectivity index (χ3n) is 6.70. The van der Waals surface area contributed by atoms with Crippen LogP contribution in [0.2, 0.25) is 0 Å². The first-order valence-electron chi connectivity index (χ1n) is 12.5. The van der Waals surface area contributed by atoms with Crippen molar-refractivity contribution in [3.05, 3.63) is 94.1 Å². The second-order valence-electron chi connectivity index (χ2n) is 9.57. The largest absolute Gasteiger partial charge is 0.507 e. The summed E-state index contributed by atoms with van der Waals surface area (Å²) in [5.41, 5.74) is 4.46. The van der Waals surface area contributed by atoms with Gasteiger partial charge in [0.25, 0.3) is 11.7 Å². The average molecular weight is 500 g/mol. The number of ether oxygens (including phenoxy) is 2. The van der Waals surface area contributed by atoms with Gasteiger partial charge in [-0.1, -0.05) is 43.7 Å². The Bertz CT molecular complexity index is 1370. The molecule has 0 spiro atoms. The summed E-state index contributed by atoms with van der Waals surface area (Å²) in [6.45, 7) is 10.2. The van der Waals surface area contributed by atoms with Crippen molar-refractivity contribution in [3.8, 4) is 11.5 Å². The highest BCUT2D eigenvalue weighted by molar-refractivity contribution is 6.51. The number of carbonyl (C=O) groups is 2. The molecule has 6 nitrogen and oxygen atoms in total. The van der Waals surface area contributed by atoms with E-state index in [2.05, 4.69) is 0 Å². The molecule has 1 amide bonds. The molecule has 1 atom stereocenters. The van der Waals surface area contributed by atoms with E-state index in [9.17, 15) is 14.7 Å². The van der Waals surface area contributed by atoms with Crippen LogP contribution in [-0.4, -0.2) is 30.5 Å². The minimum atomic E-state index is -0.827. The van der Waals surface area contributed by atoms with Crippen LogP contribution in [-0.2, 0) is 9.59 Å². The molecule has 0 bridgehead atoms. The van der Waals surface area contributed by atoms with E-state index in [-0.39, 0.29) is 17.3 Å². The van der Waals surface area contributed by atoms with Crippen molar-refractivity contribution < 1.29 is 24.2 Å². The minimum absolute atomic E-state index is 0.0437. The van der Waals surface area contributed by atoms with E-state index >= 15 is 0 Å². The first kappa shape index (κ1) is 26.0. The smallest absolute Gasteiger partial charge is 0.300 e. The van der Waals surface area contributed by atoms with E-state index in [0.29, 0.717) is 34.9 Å². The Kier molecular flexibility index (Phi) is 7.39. The maximum Gasteiger partial charge on any atom is 0.300 e. The summed E-state index contributed by atoms with van der Waals surface area (Å²) in [6, 6.07) is 17.6. The highest BCUT2D eigenvalue weighted by Crippen LogP contribution is 2.44. The number of methoxy groups -OCH3 is 1. The van der Waals surface area contributed by atoms with Crippen molar-refractivity contribution in [2.24, 2.45) is 0 Å². The maximum absolute atomic E-state index is 13.6. The number of aliphatic hydroxyl groups is 1. The molecule has 0 radical (unpaired) electrons. The highest BCUT2D eigenvalue weighted by Gasteiger charge is 2.47. The SMILES string of the molecule is CCOc1cccc(C2/C(=C(\O)c3cc(C(C)C)c(OC)cc3C)C(=O)C(=O)N2c2ccc(C)cc2)c1. The van der Waals surface area contributed by atoms with Gasteiger partial charge in [-0.3, -0.25) is 14.5 Å². The monoisotopic (exact) mass is 499 g/mol. The van der Waals surface area contributed by atoms with Crippen LogP contribution < -0.4 is 14.4 Å². The number of hydrogen-bond acceptors (Lipinski definition) is 5. The Balaban J connectivity index is 1.98. The van der Waals surface area contributed by atoms with Gasteiger partial charge in [-0.15, -0.1) is 0 Å². The maximum atomic E-state index is 13.6. The van der Waals surface area contributed by atoms with Crippen LogP contribution in [0.4, 0.5) is 5.69 Å². The molecule has 6 heteroatoms. The van der Waals surface area contributed by atoms with Crippen molar-refractivity contribution in [2.45, 2.75) is 46.6 Å². The van der Waals surface area contributed by atoms with Gasteiger partial charge in [-0.05, 0) is 79.8 Å². The fourth-order valence-corrected chi connectivity index (χ4v) is 4.79. The summed E-state index contributed by atoms with van der Waals surface area (Å²) >= 11 is 0. The molecule has 0 saturated carbocycles. The van der Waals surface area contributed by atoms with Crippen LogP contribution in [0.3, 0.4) is 0 Å². The molecule has 4 rings (SSSR count). The summed E-state index contributed by atoms with van der Waals surface area (Å²) < 4.78 is 11.3. The van der Waals surface area contributed by atoms with Crippen molar-refractivity contribution in [3.63, 3.8) is 0 Å². The molecule has 1 N–H and O–H groups in total. The number of anilines is 1. The lowest BCUT2D eigenvalue weighted by atomic mass is 9.91. The van der Waals surface area contributed by atoms with Gasteiger partial charge >= 0.3 is 0 Å². The molecule has 1 fully saturated rings. The Morgan fingerprint density at radius 2 is 1.73 bits per heavy atom. The Hall–Kier alpha value is -4.06. The summed E-state index contributed by atoms with van der Waals surface area (Å²) in [7, 11) is 1.61. The van der Waals surface area contributed by atoms with Crippen LogP contribution in [0.5, 0.6) is 11.5 Å². The van der Waals surface area contributed by atoms with Crippen LogP contribution in [0.15, 0.2) is 66.2 Å². The molecule has 1 aliphatic heterocycles. The number of rotatable bonds is 7. The minimum Gasteiger partial charge on any atom is -0.507 e. The lowest BCUT2D eigenvalue weighted by molar-refractivity contribution is -0.132. The van der Waals surface area contributed by atoms with Crippen LogP contribution in [0.1, 0.15) is 60.5 Å². The van der Waals surface area contributed by atoms with Gasteiger partial charge in [0.05, 0.1) is 25.3 Å². The standard InChI is InChI=1S/C31H33NO5/c1-7-37-23-10-8-9-21(16-23)28-27(30(34)31(35)32(28)22-13-11-19(4)12-14-22)29(33)25-17-24(18(2)3)26(36-6)15-20(25)5/h8-18,28,33H,7H2,1-6H3/b29-27+. The number of ketones is 1.